The highest BCUT2D eigenvalue weighted by Crippen LogP contribution is 2.27. The number of carboxylic acid groups (broad SMARTS) is 1. The van der Waals surface area contributed by atoms with Gasteiger partial charge in [0, 0.05) is 4.88 Å². The zero-order valence-corrected chi connectivity index (χ0v) is 16.3. The Hall–Kier alpha value is -2.64. The second-order valence-corrected chi connectivity index (χ2v) is 9.04. The molecule has 0 aliphatic carbocycles. The van der Waals surface area contributed by atoms with Crippen LogP contribution in [0.25, 0.3) is 0 Å². The van der Waals surface area contributed by atoms with Gasteiger partial charge in [0.15, 0.2) is 0 Å². The van der Waals surface area contributed by atoms with E-state index in [1.54, 1.807) is 48.5 Å². The van der Waals surface area contributed by atoms with Gasteiger partial charge in [-0.1, -0.05) is 35.9 Å². The Morgan fingerprint density at radius 2 is 1.70 bits per heavy atom. The average Bonchev–Trinajstić information content (AvgIpc) is 3.14. The van der Waals surface area contributed by atoms with E-state index in [2.05, 4.69) is 0 Å². The number of hydrogen-bond donors (Lipinski definition) is 1. The van der Waals surface area contributed by atoms with E-state index in [1.165, 1.54) is 15.6 Å². The molecule has 140 valence electrons. The van der Waals surface area contributed by atoms with Crippen LogP contribution in [0.3, 0.4) is 0 Å². The van der Waals surface area contributed by atoms with Crippen LogP contribution < -0.4 is 4.31 Å². The number of anilines is 1. The van der Waals surface area contributed by atoms with Crippen molar-refractivity contribution >= 4 is 33.0 Å². The lowest BCUT2D eigenvalue weighted by atomic mass is 10.1. The molecule has 27 heavy (non-hydrogen) atoms. The van der Waals surface area contributed by atoms with Crippen LogP contribution in [0.4, 0.5) is 5.69 Å². The van der Waals surface area contributed by atoms with Crippen molar-refractivity contribution in [3.05, 3.63) is 82.0 Å². The fourth-order valence-corrected chi connectivity index (χ4v) is 4.87. The molecule has 3 aromatic rings. The summed E-state index contributed by atoms with van der Waals surface area (Å²) >= 11 is 1.49. The summed E-state index contributed by atoms with van der Waals surface area (Å²) in [6, 6.07) is 17.1. The van der Waals surface area contributed by atoms with E-state index in [0.717, 1.165) is 10.4 Å². The van der Waals surface area contributed by atoms with Crippen molar-refractivity contribution < 1.29 is 18.3 Å². The summed E-state index contributed by atoms with van der Waals surface area (Å²) in [5.74, 6) is -0.925. The smallest absolute Gasteiger partial charge is 0.307 e. The maximum Gasteiger partial charge on any atom is 0.307 e. The molecular weight excluding hydrogens is 382 g/mol. The largest absolute Gasteiger partial charge is 0.481 e. The summed E-state index contributed by atoms with van der Waals surface area (Å²) in [6.45, 7) is 2.12. The summed E-state index contributed by atoms with van der Waals surface area (Å²) in [5, 5.41) is 10.8. The number of aryl methyl sites for hydroxylation is 1. The lowest BCUT2D eigenvalue weighted by Gasteiger charge is -2.24. The normalized spacial score (nSPS) is 11.3. The zero-order chi connectivity index (χ0) is 19.4. The molecule has 3 rings (SSSR count). The molecule has 0 bridgehead atoms. The van der Waals surface area contributed by atoms with Crippen LogP contribution in [0.1, 0.15) is 16.0 Å². The molecule has 1 heterocycles. The molecule has 1 aromatic heterocycles. The first-order valence-electron chi connectivity index (χ1n) is 8.29. The number of aliphatic carboxylic acids is 1. The topological polar surface area (TPSA) is 74.7 Å². The van der Waals surface area contributed by atoms with Crippen LogP contribution in [0.5, 0.6) is 0 Å². The third kappa shape index (κ3) is 4.56. The third-order valence-corrected chi connectivity index (χ3v) is 6.72. The van der Waals surface area contributed by atoms with Gasteiger partial charge in [-0.05, 0) is 48.2 Å². The van der Waals surface area contributed by atoms with Gasteiger partial charge in [0.2, 0.25) is 0 Å². The summed E-state index contributed by atoms with van der Waals surface area (Å²) in [6.07, 6.45) is -0.101. The van der Waals surface area contributed by atoms with Crippen molar-refractivity contribution in [2.75, 3.05) is 4.31 Å². The van der Waals surface area contributed by atoms with Crippen molar-refractivity contribution in [2.24, 2.45) is 0 Å². The van der Waals surface area contributed by atoms with E-state index in [0.29, 0.717) is 11.3 Å². The number of carboxylic acids is 1. The van der Waals surface area contributed by atoms with Gasteiger partial charge in [0.05, 0.1) is 23.5 Å². The molecule has 0 atom stereocenters. The van der Waals surface area contributed by atoms with Crippen LogP contribution in [-0.4, -0.2) is 19.5 Å². The predicted molar refractivity (Wildman–Crippen MR) is 107 cm³/mol. The molecular formula is C20H19NO4S2. The fraction of sp³-hybridized carbons (Fsp3) is 0.150. The quantitative estimate of drug-likeness (QED) is 0.647. The van der Waals surface area contributed by atoms with E-state index < -0.39 is 16.0 Å². The summed E-state index contributed by atoms with van der Waals surface area (Å²) in [5.41, 5.74) is 2.10. The van der Waals surface area contributed by atoms with E-state index >= 15 is 0 Å². The molecule has 0 aliphatic heterocycles. The number of carbonyl (C=O) groups is 1. The molecule has 0 amide bonds. The fourth-order valence-electron chi connectivity index (χ4n) is 2.65. The first kappa shape index (κ1) is 19.1. The van der Waals surface area contributed by atoms with Crippen molar-refractivity contribution in [1.29, 1.82) is 0 Å². The van der Waals surface area contributed by atoms with Gasteiger partial charge in [-0.25, -0.2) is 8.42 Å². The Morgan fingerprint density at radius 1 is 1.04 bits per heavy atom. The minimum Gasteiger partial charge on any atom is -0.481 e. The third-order valence-electron chi connectivity index (χ3n) is 4.07. The predicted octanol–water partition coefficient (Wildman–Crippen LogP) is 4.08. The molecule has 0 spiro atoms. The Morgan fingerprint density at radius 3 is 2.26 bits per heavy atom. The highest BCUT2D eigenvalue weighted by molar-refractivity contribution is 7.92. The minimum absolute atomic E-state index is 0.101. The van der Waals surface area contributed by atoms with Gasteiger partial charge < -0.3 is 5.11 Å². The van der Waals surface area contributed by atoms with Crippen LogP contribution in [0.15, 0.2) is 70.9 Å². The molecule has 5 nitrogen and oxygen atoms in total. The molecule has 7 heteroatoms. The number of thiophene rings is 1. The standard InChI is InChI=1S/C20H19NO4S2/c1-15-4-10-19(11-5-15)27(24,25)21(14-18-3-2-12-26-18)17-8-6-16(7-9-17)13-20(22)23/h2-12H,13-14H2,1H3,(H,22,23). The molecule has 0 fully saturated rings. The Labute approximate surface area is 162 Å². The Kier molecular flexibility index (Phi) is 5.62. The summed E-state index contributed by atoms with van der Waals surface area (Å²) in [7, 11) is -3.76. The first-order chi connectivity index (χ1) is 12.9. The van der Waals surface area contributed by atoms with Crippen molar-refractivity contribution in [3.63, 3.8) is 0 Å². The summed E-state index contributed by atoms with van der Waals surface area (Å²) < 4.78 is 27.9. The molecule has 0 saturated carbocycles. The van der Waals surface area contributed by atoms with Gasteiger partial charge >= 0.3 is 5.97 Å². The molecule has 0 radical (unpaired) electrons. The van der Waals surface area contributed by atoms with Crippen LogP contribution in [-0.2, 0) is 27.8 Å². The Balaban J connectivity index is 2.00. The number of nitrogens with zero attached hydrogens (tertiary/aromatic N) is 1. The van der Waals surface area contributed by atoms with Crippen molar-refractivity contribution in [1.82, 2.24) is 0 Å². The minimum atomic E-state index is -3.76. The molecule has 2 aromatic carbocycles. The van der Waals surface area contributed by atoms with Gasteiger partial charge in [0.25, 0.3) is 10.0 Å². The maximum atomic E-state index is 13.3. The average molecular weight is 402 g/mol. The number of rotatable bonds is 7. The van der Waals surface area contributed by atoms with Gasteiger partial charge in [-0.3, -0.25) is 9.10 Å². The van der Waals surface area contributed by atoms with E-state index in [9.17, 15) is 13.2 Å². The van der Waals surface area contributed by atoms with E-state index in [1.807, 2.05) is 24.4 Å². The Bertz CT molecular complexity index is 1010. The second-order valence-electron chi connectivity index (χ2n) is 6.14. The van der Waals surface area contributed by atoms with Gasteiger partial charge in [0.1, 0.15) is 0 Å². The van der Waals surface area contributed by atoms with Gasteiger partial charge in [-0.15, -0.1) is 11.3 Å². The zero-order valence-electron chi connectivity index (χ0n) is 14.7. The first-order valence-corrected chi connectivity index (χ1v) is 10.6. The molecule has 0 aliphatic rings. The second kappa shape index (κ2) is 7.94. The SMILES string of the molecule is Cc1ccc(S(=O)(=O)N(Cc2cccs2)c2ccc(CC(=O)O)cc2)cc1. The molecule has 0 unspecified atom stereocenters. The number of benzene rings is 2. The van der Waals surface area contributed by atoms with E-state index in [4.69, 9.17) is 5.11 Å². The van der Waals surface area contributed by atoms with Crippen LogP contribution in [0, 0.1) is 6.92 Å². The lowest BCUT2D eigenvalue weighted by molar-refractivity contribution is -0.136. The van der Waals surface area contributed by atoms with E-state index in [-0.39, 0.29) is 17.9 Å². The molecule has 0 saturated heterocycles. The van der Waals surface area contributed by atoms with Crippen LogP contribution >= 0.6 is 11.3 Å². The molecule has 1 N–H and O–H groups in total. The number of sulfonamides is 1. The number of hydrogen-bond acceptors (Lipinski definition) is 4. The van der Waals surface area contributed by atoms with Crippen LogP contribution in [0.2, 0.25) is 0 Å². The highest BCUT2D eigenvalue weighted by Gasteiger charge is 2.25. The van der Waals surface area contributed by atoms with Crippen molar-refractivity contribution in [3.8, 4) is 0 Å². The lowest BCUT2D eigenvalue weighted by Crippen LogP contribution is -2.30. The van der Waals surface area contributed by atoms with Crippen molar-refractivity contribution in [2.45, 2.75) is 24.8 Å². The summed E-state index contributed by atoms with van der Waals surface area (Å²) in [4.78, 5) is 12.0. The maximum absolute atomic E-state index is 13.3. The van der Waals surface area contributed by atoms with Gasteiger partial charge in [-0.2, -0.15) is 0 Å². The monoisotopic (exact) mass is 401 g/mol. The highest BCUT2D eigenvalue weighted by atomic mass is 32.2.